The van der Waals surface area contributed by atoms with Gasteiger partial charge in [0.2, 0.25) is 0 Å². The van der Waals surface area contributed by atoms with Gasteiger partial charge in [0.25, 0.3) is 0 Å². The molecule has 0 aliphatic carbocycles. The van der Waals surface area contributed by atoms with Crippen LogP contribution in [0, 0.1) is 6.92 Å². The van der Waals surface area contributed by atoms with E-state index in [2.05, 4.69) is 11.0 Å². The molecule has 110 valence electrons. The molecule has 1 atom stereocenters. The van der Waals surface area contributed by atoms with Gasteiger partial charge < -0.3 is 4.74 Å². The highest BCUT2D eigenvalue weighted by atomic mass is 19.1. The van der Waals surface area contributed by atoms with E-state index in [9.17, 15) is 4.39 Å². The van der Waals surface area contributed by atoms with Gasteiger partial charge in [-0.25, -0.2) is 4.39 Å². The second-order valence-electron chi connectivity index (χ2n) is 5.69. The summed E-state index contributed by atoms with van der Waals surface area (Å²) < 4.78 is 19.1. The molecule has 1 heterocycles. The van der Waals surface area contributed by atoms with E-state index < -0.39 is 6.17 Å². The highest BCUT2D eigenvalue weighted by Gasteiger charge is 2.21. The molecule has 0 radical (unpaired) electrons. The van der Waals surface area contributed by atoms with Crippen LogP contribution in [0.5, 0.6) is 11.5 Å². The lowest BCUT2D eigenvalue weighted by atomic mass is 10.2. The van der Waals surface area contributed by atoms with Crippen molar-refractivity contribution in [3.8, 4) is 11.5 Å². The van der Waals surface area contributed by atoms with Crippen LogP contribution in [0.15, 0.2) is 48.5 Å². The fourth-order valence-corrected chi connectivity index (χ4v) is 2.71. The van der Waals surface area contributed by atoms with E-state index in [0.29, 0.717) is 13.0 Å². The number of benzene rings is 2. The van der Waals surface area contributed by atoms with E-state index in [4.69, 9.17) is 4.74 Å². The van der Waals surface area contributed by atoms with Gasteiger partial charge in [-0.3, -0.25) is 4.90 Å². The first-order valence-electron chi connectivity index (χ1n) is 7.39. The molecule has 3 rings (SSSR count). The molecular weight excluding hydrogens is 265 g/mol. The van der Waals surface area contributed by atoms with Crippen molar-refractivity contribution in [2.75, 3.05) is 13.1 Å². The largest absolute Gasteiger partial charge is 0.457 e. The van der Waals surface area contributed by atoms with Crippen LogP contribution >= 0.6 is 0 Å². The molecule has 3 heteroatoms. The number of hydrogen-bond acceptors (Lipinski definition) is 2. The molecule has 1 aliphatic rings. The lowest BCUT2D eigenvalue weighted by Crippen LogP contribution is -2.20. The minimum absolute atomic E-state index is 0.545. The van der Waals surface area contributed by atoms with E-state index in [-0.39, 0.29) is 0 Å². The van der Waals surface area contributed by atoms with Gasteiger partial charge >= 0.3 is 0 Å². The normalized spacial score (nSPS) is 18.9. The van der Waals surface area contributed by atoms with Crippen LogP contribution < -0.4 is 4.74 Å². The Morgan fingerprint density at radius 1 is 1.14 bits per heavy atom. The highest BCUT2D eigenvalue weighted by Crippen LogP contribution is 2.24. The Labute approximate surface area is 125 Å². The van der Waals surface area contributed by atoms with Crippen LogP contribution in [-0.4, -0.2) is 24.2 Å². The van der Waals surface area contributed by atoms with Crippen molar-refractivity contribution < 1.29 is 9.13 Å². The molecule has 21 heavy (non-hydrogen) atoms. The van der Waals surface area contributed by atoms with Gasteiger partial charge in [-0.1, -0.05) is 24.3 Å². The Morgan fingerprint density at radius 2 is 1.90 bits per heavy atom. The number of nitrogens with zero attached hydrogens (tertiary/aromatic N) is 1. The minimum Gasteiger partial charge on any atom is -0.457 e. The molecule has 0 spiro atoms. The maximum Gasteiger partial charge on any atom is 0.127 e. The SMILES string of the molecule is Cc1cccc(Oc2cccc(CN3CCC(F)C3)c2)c1. The Kier molecular flexibility index (Phi) is 4.20. The van der Waals surface area contributed by atoms with Gasteiger partial charge in [-0.15, -0.1) is 0 Å². The van der Waals surface area contributed by atoms with Crippen molar-refractivity contribution in [1.82, 2.24) is 4.90 Å². The summed E-state index contributed by atoms with van der Waals surface area (Å²) in [4.78, 5) is 2.15. The van der Waals surface area contributed by atoms with Crippen molar-refractivity contribution in [2.45, 2.75) is 26.1 Å². The number of halogens is 1. The summed E-state index contributed by atoms with van der Waals surface area (Å²) in [5.41, 5.74) is 2.34. The van der Waals surface area contributed by atoms with Crippen LogP contribution in [-0.2, 0) is 6.54 Å². The number of hydrogen-bond donors (Lipinski definition) is 0. The summed E-state index contributed by atoms with van der Waals surface area (Å²) in [6.07, 6.45) is -0.0174. The number of alkyl halides is 1. The lowest BCUT2D eigenvalue weighted by molar-refractivity contribution is 0.282. The summed E-state index contributed by atoms with van der Waals surface area (Å²) in [7, 11) is 0. The van der Waals surface area contributed by atoms with E-state index >= 15 is 0 Å². The Balaban J connectivity index is 1.68. The third-order valence-electron chi connectivity index (χ3n) is 3.74. The van der Waals surface area contributed by atoms with Gasteiger partial charge in [0.1, 0.15) is 17.7 Å². The predicted molar refractivity (Wildman–Crippen MR) is 82.5 cm³/mol. The maximum absolute atomic E-state index is 13.2. The monoisotopic (exact) mass is 285 g/mol. The molecule has 2 aromatic rings. The summed E-state index contributed by atoms with van der Waals surface area (Å²) in [6, 6.07) is 16.0. The second-order valence-corrected chi connectivity index (χ2v) is 5.69. The number of ether oxygens (including phenoxy) is 1. The molecule has 2 nitrogen and oxygen atoms in total. The first-order chi connectivity index (χ1) is 10.2. The molecule has 2 aromatic carbocycles. The number of aryl methyl sites for hydroxylation is 1. The average molecular weight is 285 g/mol. The number of rotatable bonds is 4. The summed E-state index contributed by atoms with van der Waals surface area (Å²) >= 11 is 0. The maximum atomic E-state index is 13.2. The van der Waals surface area contributed by atoms with Crippen molar-refractivity contribution in [2.24, 2.45) is 0 Å². The smallest absolute Gasteiger partial charge is 0.127 e. The molecule has 1 saturated heterocycles. The van der Waals surface area contributed by atoms with Crippen LogP contribution in [0.1, 0.15) is 17.5 Å². The molecule has 0 amide bonds. The molecule has 0 aromatic heterocycles. The Morgan fingerprint density at radius 3 is 2.62 bits per heavy atom. The van der Waals surface area contributed by atoms with Gasteiger partial charge in [0, 0.05) is 19.6 Å². The third-order valence-corrected chi connectivity index (χ3v) is 3.74. The molecule has 0 N–H and O–H groups in total. The standard InChI is InChI=1S/C18H20FNO/c1-14-4-2-6-17(10-14)21-18-7-3-5-15(11-18)12-20-9-8-16(19)13-20/h2-7,10-11,16H,8-9,12-13H2,1H3. The van der Waals surface area contributed by atoms with E-state index in [1.807, 2.05) is 49.4 Å². The first-order valence-corrected chi connectivity index (χ1v) is 7.39. The third kappa shape index (κ3) is 3.82. The highest BCUT2D eigenvalue weighted by molar-refractivity contribution is 5.35. The summed E-state index contributed by atoms with van der Waals surface area (Å²) in [5.74, 6) is 1.67. The first kappa shape index (κ1) is 14.1. The molecule has 1 unspecified atom stereocenters. The van der Waals surface area contributed by atoms with E-state index in [0.717, 1.165) is 30.2 Å². The van der Waals surface area contributed by atoms with E-state index in [1.165, 1.54) is 5.56 Å². The predicted octanol–water partition coefficient (Wildman–Crippen LogP) is 4.33. The fourth-order valence-electron chi connectivity index (χ4n) is 2.71. The summed E-state index contributed by atoms with van der Waals surface area (Å²) in [5, 5.41) is 0. The Bertz CT molecular complexity index is 614. The van der Waals surface area contributed by atoms with Crippen molar-refractivity contribution in [1.29, 1.82) is 0 Å². The van der Waals surface area contributed by atoms with Crippen LogP contribution in [0.2, 0.25) is 0 Å². The topological polar surface area (TPSA) is 12.5 Å². The minimum atomic E-state index is -0.670. The lowest BCUT2D eigenvalue weighted by Gasteiger charge is -2.15. The van der Waals surface area contributed by atoms with Crippen molar-refractivity contribution >= 4 is 0 Å². The van der Waals surface area contributed by atoms with Crippen LogP contribution in [0.3, 0.4) is 0 Å². The zero-order chi connectivity index (χ0) is 14.7. The number of likely N-dealkylation sites (tertiary alicyclic amines) is 1. The van der Waals surface area contributed by atoms with Crippen LogP contribution in [0.25, 0.3) is 0 Å². The fraction of sp³-hybridized carbons (Fsp3) is 0.333. The molecular formula is C18H20FNO. The zero-order valence-corrected chi connectivity index (χ0v) is 12.3. The molecule has 0 saturated carbocycles. The Hall–Kier alpha value is -1.87. The molecule has 1 fully saturated rings. The van der Waals surface area contributed by atoms with E-state index in [1.54, 1.807) is 0 Å². The molecule has 0 bridgehead atoms. The molecule has 1 aliphatic heterocycles. The zero-order valence-electron chi connectivity index (χ0n) is 12.3. The van der Waals surface area contributed by atoms with Gasteiger partial charge in [0.15, 0.2) is 0 Å². The van der Waals surface area contributed by atoms with Gasteiger partial charge in [-0.2, -0.15) is 0 Å². The van der Waals surface area contributed by atoms with Crippen molar-refractivity contribution in [3.63, 3.8) is 0 Å². The second kappa shape index (κ2) is 6.27. The summed E-state index contributed by atoms with van der Waals surface area (Å²) in [6.45, 7) is 4.21. The van der Waals surface area contributed by atoms with Gasteiger partial charge in [-0.05, 0) is 48.7 Å². The van der Waals surface area contributed by atoms with Crippen molar-refractivity contribution in [3.05, 3.63) is 59.7 Å². The quantitative estimate of drug-likeness (QED) is 0.829. The van der Waals surface area contributed by atoms with Crippen LogP contribution in [0.4, 0.5) is 4.39 Å². The average Bonchev–Trinajstić information content (AvgIpc) is 2.84. The van der Waals surface area contributed by atoms with Gasteiger partial charge in [0.05, 0.1) is 0 Å².